The van der Waals surface area contributed by atoms with Crippen LogP contribution in [0.15, 0.2) is 18.2 Å². The smallest absolute Gasteiger partial charge is 0.119 e. The highest BCUT2D eigenvalue weighted by Gasteiger charge is 2.24. The van der Waals surface area contributed by atoms with Crippen molar-refractivity contribution in [3.05, 3.63) is 35.0 Å². The van der Waals surface area contributed by atoms with Gasteiger partial charge in [0.15, 0.2) is 0 Å². The van der Waals surface area contributed by atoms with Crippen molar-refractivity contribution in [1.29, 1.82) is 0 Å². The van der Waals surface area contributed by atoms with Crippen molar-refractivity contribution in [2.45, 2.75) is 38.4 Å². The van der Waals surface area contributed by atoms with Crippen LogP contribution >= 0.6 is 0 Å². The van der Waals surface area contributed by atoms with Crippen LogP contribution in [0.3, 0.4) is 0 Å². The van der Waals surface area contributed by atoms with Gasteiger partial charge in [-0.25, -0.2) is 0 Å². The first-order chi connectivity index (χ1) is 10.7. The molecule has 0 amide bonds. The third kappa shape index (κ3) is 2.57. The fourth-order valence-corrected chi connectivity index (χ4v) is 3.31. The monoisotopic (exact) mass is 297 g/mol. The zero-order chi connectivity index (χ0) is 15.1. The summed E-state index contributed by atoms with van der Waals surface area (Å²) in [6, 6.07) is 6.95. The van der Waals surface area contributed by atoms with Crippen molar-refractivity contribution in [3.8, 4) is 5.75 Å². The summed E-state index contributed by atoms with van der Waals surface area (Å²) in [5.41, 5.74) is 5.21. The van der Waals surface area contributed by atoms with E-state index in [1.54, 1.807) is 7.11 Å². The van der Waals surface area contributed by atoms with Crippen LogP contribution in [0, 0.1) is 0 Å². The molecule has 0 atom stereocenters. The minimum atomic E-state index is 0.714. The SMILES string of the molecule is COc1ccc2nc3c(c(CNC4CC4)c2c1)CN(C)CC3. The molecule has 2 heterocycles. The van der Waals surface area contributed by atoms with E-state index in [9.17, 15) is 0 Å². The lowest BCUT2D eigenvalue weighted by Gasteiger charge is -2.27. The molecule has 4 rings (SSSR count). The minimum absolute atomic E-state index is 0.714. The topological polar surface area (TPSA) is 37.4 Å². The van der Waals surface area contributed by atoms with Gasteiger partial charge in [0, 0.05) is 43.2 Å². The molecule has 1 aliphatic carbocycles. The van der Waals surface area contributed by atoms with Crippen LogP contribution < -0.4 is 10.1 Å². The fraction of sp³-hybridized carbons (Fsp3) is 0.500. The second-order valence-electron chi connectivity index (χ2n) is 6.54. The maximum atomic E-state index is 5.42. The summed E-state index contributed by atoms with van der Waals surface area (Å²) < 4.78 is 5.42. The number of pyridine rings is 1. The Labute approximate surface area is 131 Å². The number of benzene rings is 1. The van der Waals surface area contributed by atoms with Crippen molar-refractivity contribution in [2.24, 2.45) is 0 Å². The molecule has 4 nitrogen and oxygen atoms in total. The second kappa shape index (κ2) is 5.52. The molecule has 2 aliphatic rings. The summed E-state index contributed by atoms with van der Waals surface area (Å²) in [5, 5.41) is 4.92. The lowest BCUT2D eigenvalue weighted by molar-refractivity contribution is 0.308. The van der Waals surface area contributed by atoms with Crippen LogP contribution in [0.4, 0.5) is 0 Å². The van der Waals surface area contributed by atoms with Crippen LogP contribution in [0.25, 0.3) is 10.9 Å². The number of nitrogens with one attached hydrogen (secondary N) is 1. The van der Waals surface area contributed by atoms with Crippen LogP contribution in [-0.2, 0) is 19.5 Å². The highest BCUT2D eigenvalue weighted by Crippen LogP contribution is 2.31. The van der Waals surface area contributed by atoms with E-state index in [1.165, 1.54) is 35.0 Å². The maximum absolute atomic E-state index is 5.42. The van der Waals surface area contributed by atoms with Crippen molar-refractivity contribution in [3.63, 3.8) is 0 Å². The maximum Gasteiger partial charge on any atom is 0.119 e. The molecule has 2 aromatic rings. The average molecular weight is 297 g/mol. The largest absolute Gasteiger partial charge is 0.497 e. The molecule has 116 valence electrons. The van der Waals surface area contributed by atoms with Crippen LogP contribution in [0.2, 0.25) is 0 Å². The van der Waals surface area contributed by atoms with Gasteiger partial charge in [-0.05, 0) is 49.2 Å². The molecular formula is C18H23N3O. The van der Waals surface area contributed by atoms with Crippen molar-refractivity contribution in [2.75, 3.05) is 20.7 Å². The van der Waals surface area contributed by atoms with Crippen molar-refractivity contribution in [1.82, 2.24) is 15.2 Å². The number of rotatable bonds is 4. The molecule has 1 aromatic heterocycles. The van der Waals surface area contributed by atoms with Gasteiger partial charge >= 0.3 is 0 Å². The molecule has 1 aromatic carbocycles. The number of fused-ring (bicyclic) bond motifs is 2. The Morgan fingerprint density at radius 3 is 3.00 bits per heavy atom. The molecule has 4 heteroatoms. The molecule has 1 saturated carbocycles. The van der Waals surface area contributed by atoms with Crippen molar-refractivity contribution >= 4 is 10.9 Å². The van der Waals surface area contributed by atoms with Gasteiger partial charge in [0.25, 0.3) is 0 Å². The third-order valence-electron chi connectivity index (χ3n) is 4.80. The van der Waals surface area contributed by atoms with Crippen molar-refractivity contribution < 1.29 is 4.74 Å². The molecular weight excluding hydrogens is 274 g/mol. The Bertz CT molecular complexity index is 709. The van der Waals surface area contributed by atoms with Gasteiger partial charge < -0.3 is 15.0 Å². The van der Waals surface area contributed by atoms with E-state index in [0.29, 0.717) is 6.04 Å². The zero-order valence-electron chi connectivity index (χ0n) is 13.4. The first-order valence-corrected chi connectivity index (χ1v) is 8.15. The molecule has 0 radical (unpaired) electrons. The Morgan fingerprint density at radius 2 is 2.23 bits per heavy atom. The van der Waals surface area contributed by atoms with E-state index < -0.39 is 0 Å². The summed E-state index contributed by atoms with van der Waals surface area (Å²) >= 11 is 0. The number of hydrogen-bond donors (Lipinski definition) is 1. The fourth-order valence-electron chi connectivity index (χ4n) is 3.31. The average Bonchev–Trinajstić information content (AvgIpc) is 3.35. The standard InChI is InChI=1S/C18H23N3O/c1-21-8-7-18-16(11-21)15(10-19-12-3-4-12)14-9-13(22-2)5-6-17(14)20-18/h5-6,9,12,19H,3-4,7-8,10-11H2,1-2H3. The normalized spacial score (nSPS) is 18.5. The molecule has 0 spiro atoms. The summed E-state index contributed by atoms with van der Waals surface area (Å²) in [4.78, 5) is 7.30. The predicted molar refractivity (Wildman–Crippen MR) is 88.2 cm³/mol. The number of methoxy groups -OCH3 is 1. The number of hydrogen-bond acceptors (Lipinski definition) is 4. The molecule has 22 heavy (non-hydrogen) atoms. The lowest BCUT2D eigenvalue weighted by atomic mass is 9.95. The van der Waals surface area contributed by atoms with Crippen LogP contribution in [0.5, 0.6) is 5.75 Å². The minimum Gasteiger partial charge on any atom is -0.497 e. The molecule has 0 saturated heterocycles. The molecule has 0 unspecified atom stereocenters. The van der Waals surface area contributed by atoms with Gasteiger partial charge in [0.1, 0.15) is 5.75 Å². The quantitative estimate of drug-likeness (QED) is 0.941. The summed E-state index contributed by atoms with van der Waals surface area (Å²) in [5.74, 6) is 0.908. The van der Waals surface area contributed by atoms with Crippen LogP contribution in [0.1, 0.15) is 29.7 Å². The van der Waals surface area contributed by atoms with E-state index in [-0.39, 0.29) is 0 Å². The Morgan fingerprint density at radius 1 is 1.36 bits per heavy atom. The lowest BCUT2D eigenvalue weighted by Crippen LogP contribution is -2.29. The third-order valence-corrected chi connectivity index (χ3v) is 4.80. The van der Waals surface area contributed by atoms with E-state index in [2.05, 4.69) is 29.4 Å². The Kier molecular flexibility index (Phi) is 3.51. The molecule has 1 fully saturated rings. The molecule has 1 aliphatic heterocycles. The predicted octanol–water partition coefficient (Wildman–Crippen LogP) is 2.48. The Balaban J connectivity index is 1.85. The van der Waals surface area contributed by atoms with E-state index in [4.69, 9.17) is 9.72 Å². The van der Waals surface area contributed by atoms with Gasteiger partial charge in [-0.2, -0.15) is 0 Å². The summed E-state index contributed by atoms with van der Waals surface area (Å²) in [6.45, 7) is 3.03. The highest BCUT2D eigenvalue weighted by atomic mass is 16.5. The van der Waals surface area contributed by atoms with Gasteiger partial charge in [-0.3, -0.25) is 4.98 Å². The molecule has 0 bridgehead atoms. The second-order valence-corrected chi connectivity index (χ2v) is 6.54. The van der Waals surface area contributed by atoms with Gasteiger partial charge in [-0.1, -0.05) is 0 Å². The summed E-state index contributed by atoms with van der Waals surface area (Å²) in [6.07, 6.45) is 3.67. The van der Waals surface area contributed by atoms with E-state index >= 15 is 0 Å². The number of aromatic nitrogens is 1. The van der Waals surface area contributed by atoms with Gasteiger partial charge in [0.2, 0.25) is 0 Å². The molecule has 1 N–H and O–H groups in total. The summed E-state index contributed by atoms with van der Waals surface area (Å²) in [7, 11) is 3.92. The van der Waals surface area contributed by atoms with Crippen LogP contribution in [-0.4, -0.2) is 36.6 Å². The van der Waals surface area contributed by atoms with E-state index in [1.807, 2.05) is 6.07 Å². The van der Waals surface area contributed by atoms with E-state index in [0.717, 1.165) is 37.3 Å². The number of likely N-dealkylation sites (N-methyl/N-ethyl adjacent to an activating group) is 1. The first-order valence-electron chi connectivity index (χ1n) is 8.15. The number of ether oxygens (including phenoxy) is 1. The highest BCUT2D eigenvalue weighted by molar-refractivity contribution is 5.85. The first kappa shape index (κ1) is 14.0. The zero-order valence-corrected chi connectivity index (χ0v) is 13.4. The number of nitrogens with zero attached hydrogens (tertiary/aromatic N) is 2. The Hall–Kier alpha value is -1.65. The van der Waals surface area contributed by atoms with Gasteiger partial charge in [0.05, 0.1) is 12.6 Å². The van der Waals surface area contributed by atoms with Gasteiger partial charge in [-0.15, -0.1) is 0 Å².